The Morgan fingerprint density at radius 2 is 2.06 bits per heavy atom. The van der Waals surface area contributed by atoms with E-state index in [0.717, 1.165) is 30.7 Å². The van der Waals surface area contributed by atoms with Crippen LogP contribution in [0.2, 0.25) is 0 Å². The van der Waals surface area contributed by atoms with Crippen molar-refractivity contribution in [1.82, 2.24) is 25.7 Å². The van der Waals surface area contributed by atoms with E-state index in [4.69, 9.17) is 14.2 Å². The van der Waals surface area contributed by atoms with Crippen LogP contribution < -0.4 is 10.6 Å². The number of aromatic nitrogens is 2. The number of thiazole rings is 1. The summed E-state index contributed by atoms with van der Waals surface area (Å²) in [5.41, 5.74) is 1.57. The van der Waals surface area contributed by atoms with Gasteiger partial charge < -0.3 is 24.8 Å². The van der Waals surface area contributed by atoms with Crippen molar-refractivity contribution >= 4 is 34.1 Å². The molecule has 3 aromatic rings. The van der Waals surface area contributed by atoms with Gasteiger partial charge in [0.2, 0.25) is 11.8 Å². The van der Waals surface area contributed by atoms with Crippen LogP contribution in [0.4, 0.5) is 4.39 Å². The van der Waals surface area contributed by atoms with Crippen LogP contribution in [-0.2, 0) is 14.3 Å². The molecule has 2 aliphatic rings. The lowest BCUT2D eigenvalue weighted by Gasteiger charge is -2.35. The molecule has 4 heterocycles. The lowest BCUT2D eigenvalue weighted by Crippen LogP contribution is -2.56. The second-order valence-electron chi connectivity index (χ2n) is 9.38. The van der Waals surface area contributed by atoms with E-state index in [2.05, 4.69) is 15.8 Å². The van der Waals surface area contributed by atoms with Gasteiger partial charge in [0.05, 0.1) is 17.5 Å². The molecule has 11 heteroatoms. The van der Waals surface area contributed by atoms with Crippen molar-refractivity contribution in [3.8, 4) is 11.4 Å². The highest BCUT2D eigenvalue weighted by Crippen LogP contribution is 2.38. The monoisotopic (exact) mass is 515 g/mol. The van der Waals surface area contributed by atoms with Gasteiger partial charge in [0, 0.05) is 25.1 Å². The Bertz CT molecular complexity index is 1240. The second kappa shape index (κ2) is 10.6. The summed E-state index contributed by atoms with van der Waals surface area (Å²) in [5.74, 6) is -0.626. The first-order chi connectivity index (χ1) is 17.5. The number of nitrogens with one attached hydrogen (secondary N) is 2. The Morgan fingerprint density at radius 1 is 1.25 bits per heavy atom. The van der Waals surface area contributed by atoms with E-state index in [1.54, 1.807) is 20.0 Å². The molecule has 5 rings (SSSR count). The SMILES string of the molecule is CN[C@@H](C)C(=O)N[C@H](C(=O)N1CCC[C@H]1c1nc(-c2noc3ccc(F)cc23)cs1)C1CCOCC1. The molecule has 3 atom stereocenters. The first-order valence-corrected chi connectivity index (χ1v) is 13.2. The fraction of sp³-hybridized carbons (Fsp3) is 0.520. The minimum absolute atomic E-state index is 0.0174. The van der Waals surface area contributed by atoms with E-state index < -0.39 is 12.1 Å². The van der Waals surface area contributed by atoms with Gasteiger partial charge in [0.1, 0.15) is 28.3 Å². The molecular formula is C25H30FN5O4S. The summed E-state index contributed by atoms with van der Waals surface area (Å²) >= 11 is 1.45. The predicted molar refractivity (Wildman–Crippen MR) is 133 cm³/mol. The van der Waals surface area contributed by atoms with E-state index in [9.17, 15) is 14.0 Å². The van der Waals surface area contributed by atoms with Crippen molar-refractivity contribution in [2.45, 2.75) is 50.7 Å². The number of hydrogen-bond donors (Lipinski definition) is 2. The van der Waals surface area contributed by atoms with Gasteiger partial charge in [0.25, 0.3) is 0 Å². The maximum atomic E-state index is 13.9. The first-order valence-electron chi connectivity index (χ1n) is 12.3. The molecule has 192 valence electrons. The molecule has 2 aromatic heterocycles. The van der Waals surface area contributed by atoms with Crippen molar-refractivity contribution in [2.24, 2.45) is 5.92 Å². The number of carbonyl (C=O) groups is 2. The van der Waals surface area contributed by atoms with Gasteiger partial charge in [-0.25, -0.2) is 9.37 Å². The van der Waals surface area contributed by atoms with E-state index in [0.29, 0.717) is 42.1 Å². The molecule has 0 saturated carbocycles. The van der Waals surface area contributed by atoms with Crippen LogP contribution in [0.5, 0.6) is 0 Å². The summed E-state index contributed by atoms with van der Waals surface area (Å²) in [7, 11) is 1.72. The lowest BCUT2D eigenvalue weighted by atomic mass is 9.90. The van der Waals surface area contributed by atoms with Gasteiger partial charge in [-0.15, -0.1) is 11.3 Å². The van der Waals surface area contributed by atoms with Crippen LogP contribution >= 0.6 is 11.3 Å². The zero-order chi connectivity index (χ0) is 25.2. The van der Waals surface area contributed by atoms with E-state index in [1.165, 1.54) is 23.5 Å². The summed E-state index contributed by atoms with van der Waals surface area (Å²) in [6, 6.07) is 3.06. The third-order valence-electron chi connectivity index (χ3n) is 7.14. The van der Waals surface area contributed by atoms with Crippen LogP contribution in [-0.4, -0.2) is 65.7 Å². The highest BCUT2D eigenvalue weighted by molar-refractivity contribution is 7.10. The Labute approximate surface area is 212 Å². The molecular weight excluding hydrogens is 485 g/mol. The molecule has 2 amide bonds. The zero-order valence-corrected chi connectivity index (χ0v) is 21.1. The zero-order valence-electron chi connectivity index (χ0n) is 20.3. The Hall–Kier alpha value is -2.89. The summed E-state index contributed by atoms with van der Waals surface area (Å²) in [4.78, 5) is 33.3. The van der Waals surface area contributed by atoms with Gasteiger partial charge in [0.15, 0.2) is 5.58 Å². The van der Waals surface area contributed by atoms with Crippen molar-refractivity contribution in [3.05, 3.63) is 34.4 Å². The van der Waals surface area contributed by atoms with E-state index >= 15 is 0 Å². The van der Waals surface area contributed by atoms with Crippen LogP contribution in [0.25, 0.3) is 22.4 Å². The van der Waals surface area contributed by atoms with Crippen molar-refractivity contribution in [2.75, 3.05) is 26.8 Å². The van der Waals surface area contributed by atoms with Gasteiger partial charge in [-0.3, -0.25) is 9.59 Å². The van der Waals surface area contributed by atoms with E-state index in [1.807, 2.05) is 10.3 Å². The van der Waals surface area contributed by atoms with Gasteiger partial charge in [-0.1, -0.05) is 5.16 Å². The number of fused-ring (bicyclic) bond motifs is 1. The standard InChI is InChI=1S/C25H30FN5O4S/c1-14(27-2)23(32)29-21(15-7-10-34-11-8-15)25(33)31-9-3-4-19(31)24-28-18(13-36-24)22-17-12-16(26)5-6-20(17)35-30-22/h5-6,12-15,19,21,27H,3-4,7-11H2,1-2H3,(H,29,32)/t14-,19-,21-/m0/s1. The first kappa shape index (κ1) is 24.8. The number of carbonyl (C=O) groups excluding carboxylic acids is 2. The van der Waals surface area contributed by atoms with Crippen LogP contribution in [0.15, 0.2) is 28.1 Å². The molecule has 0 radical (unpaired) electrons. The molecule has 36 heavy (non-hydrogen) atoms. The van der Waals surface area contributed by atoms with E-state index in [-0.39, 0.29) is 29.6 Å². The molecule has 9 nitrogen and oxygen atoms in total. The second-order valence-corrected chi connectivity index (χ2v) is 10.3. The quantitative estimate of drug-likeness (QED) is 0.497. The topological polar surface area (TPSA) is 110 Å². The molecule has 0 bridgehead atoms. The molecule has 2 aliphatic heterocycles. The highest BCUT2D eigenvalue weighted by atomic mass is 32.1. The van der Waals surface area contributed by atoms with Gasteiger partial charge >= 0.3 is 0 Å². The number of amides is 2. The van der Waals surface area contributed by atoms with Crippen LogP contribution in [0, 0.1) is 11.7 Å². The Kier molecular flexibility index (Phi) is 7.31. The van der Waals surface area contributed by atoms with Crippen LogP contribution in [0.1, 0.15) is 43.7 Å². The fourth-order valence-electron chi connectivity index (χ4n) is 4.95. The van der Waals surface area contributed by atoms with Gasteiger partial charge in [-0.2, -0.15) is 0 Å². The van der Waals surface area contributed by atoms with Gasteiger partial charge in [-0.05, 0) is 63.8 Å². The molecule has 1 aromatic carbocycles. The number of halogens is 1. The summed E-state index contributed by atoms with van der Waals surface area (Å²) in [6.45, 7) is 3.54. The minimum Gasteiger partial charge on any atom is -0.381 e. The minimum atomic E-state index is -0.611. The summed E-state index contributed by atoms with van der Waals surface area (Å²) in [6.07, 6.45) is 3.08. The number of ether oxygens (including phenoxy) is 1. The predicted octanol–water partition coefficient (Wildman–Crippen LogP) is 3.27. The maximum Gasteiger partial charge on any atom is 0.246 e. The highest BCUT2D eigenvalue weighted by Gasteiger charge is 2.40. The summed E-state index contributed by atoms with van der Waals surface area (Å²) < 4.78 is 24.7. The average molecular weight is 516 g/mol. The molecule has 2 saturated heterocycles. The smallest absolute Gasteiger partial charge is 0.246 e. The van der Waals surface area contributed by atoms with Crippen LogP contribution in [0.3, 0.4) is 0 Å². The number of likely N-dealkylation sites (tertiary alicyclic amines) is 1. The fourth-order valence-corrected chi connectivity index (χ4v) is 5.90. The number of rotatable bonds is 7. The third-order valence-corrected chi connectivity index (χ3v) is 8.09. The third kappa shape index (κ3) is 4.87. The van der Waals surface area contributed by atoms with Crippen molar-refractivity contribution < 1.29 is 23.2 Å². The normalized spacial score (nSPS) is 20.5. The van der Waals surface area contributed by atoms with Crippen molar-refractivity contribution in [3.63, 3.8) is 0 Å². The number of hydrogen-bond acceptors (Lipinski definition) is 8. The molecule has 0 aliphatic carbocycles. The molecule has 0 unspecified atom stereocenters. The molecule has 0 spiro atoms. The lowest BCUT2D eigenvalue weighted by molar-refractivity contribution is -0.140. The molecule has 2 N–H and O–H groups in total. The number of likely N-dealkylation sites (N-methyl/N-ethyl adjacent to an activating group) is 1. The number of benzene rings is 1. The average Bonchev–Trinajstić information content (AvgIpc) is 3.65. The number of nitrogens with zero attached hydrogens (tertiary/aromatic N) is 3. The Balaban J connectivity index is 1.39. The maximum absolute atomic E-state index is 13.9. The Morgan fingerprint density at radius 3 is 2.83 bits per heavy atom. The largest absolute Gasteiger partial charge is 0.381 e. The van der Waals surface area contributed by atoms with Crippen molar-refractivity contribution in [1.29, 1.82) is 0 Å². The molecule has 2 fully saturated rings. The summed E-state index contributed by atoms with van der Waals surface area (Å²) in [5, 5.41) is 13.3.